The molecule has 0 radical (unpaired) electrons. The number of nitrogens with zero attached hydrogens (tertiary/aromatic N) is 1. The number of amidine groups is 1. The largest absolute Gasteiger partial charge is 0.350 e. The molecule has 6 heteroatoms. The monoisotopic (exact) mass is 707 g/mol. The Bertz CT molecular complexity index is 3000. The van der Waals surface area contributed by atoms with Crippen molar-refractivity contribution >= 4 is 100 Å². The molecule has 2 atom stereocenters. The SMILES string of the molecule is c1ccc(C2=NC(c3ccc4c(c3)sc3c(-c5cccc6c5sc5ccccc56)cccc34)NC(c3ccc4sc5ccccc5c4c3)N2)cc1. The van der Waals surface area contributed by atoms with E-state index in [4.69, 9.17) is 4.99 Å². The van der Waals surface area contributed by atoms with Crippen LogP contribution >= 0.6 is 34.0 Å². The Morgan fingerprint density at radius 3 is 1.78 bits per heavy atom. The molecular weight excluding hydrogens is 679 g/mol. The minimum atomic E-state index is -0.220. The molecule has 242 valence electrons. The molecule has 11 rings (SSSR count). The third kappa shape index (κ3) is 4.75. The van der Waals surface area contributed by atoms with Gasteiger partial charge in [0.1, 0.15) is 18.2 Å². The van der Waals surface area contributed by atoms with Gasteiger partial charge in [0, 0.05) is 77.2 Å². The number of hydrogen-bond donors (Lipinski definition) is 2. The lowest BCUT2D eigenvalue weighted by atomic mass is 10.00. The number of rotatable bonds is 4. The van der Waals surface area contributed by atoms with Crippen molar-refractivity contribution in [1.29, 1.82) is 0 Å². The lowest BCUT2D eigenvalue weighted by Gasteiger charge is -2.32. The molecule has 2 unspecified atom stereocenters. The van der Waals surface area contributed by atoms with Gasteiger partial charge < -0.3 is 5.32 Å². The van der Waals surface area contributed by atoms with E-state index in [2.05, 4.69) is 162 Å². The van der Waals surface area contributed by atoms with E-state index in [-0.39, 0.29) is 12.3 Å². The van der Waals surface area contributed by atoms with Crippen LogP contribution in [0.4, 0.5) is 0 Å². The molecule has 1 aliphatic rings. The zero-order valence-corrected chi connectivity index (χ0v) is 29.7. The van der Waals surface area contributed by atoms with Crippen molar-refractivity contribution in [3.05, 3.63) is 168 Å². The van der Waals surface area contributed by atoms with Crippen LogP contribution in [0.5, 0.6) is 0 Å². The lowest BCUT2D eigenvalue weighted by Crippen LogP contribution is -2.44. The van der Waals surface area contributed by atoms with Gasteiger partial charge >= 0.3 is 0 Å². The van der Waals surface area contributed by atoms with Gasteiger partial charge in [-0.2, -0.15) is 0 Å². The van der Waals surface area contributed by atoms with Crippen molar-refractivity contribution in [2.24, 2.45) is 4.99 Å². The highest BCUT2D eigenvalue weighted by molar-refractivity contribution is 7.27. The molecule has 0 saturated heterocycles. The zero-order chi connectivity index (χ0) is 33.5. The number of thiophene rings is 3. The van der Waals surface area contributed by atoms with Crippen molar-refractivity contribution < 1.29 is 0 Å². The molecular formula is C45H29N3S3. The smallest absolute Gasteiger partial charge is 0.131 e. The van der Waals surface area contributed by atoms with Crippen LogP contribution in [0.3, 0.4) is 0 Å². The highest BCUT2D eigenvalue weighted by Crippen LogP contribution is 2.46. The molecule has 0 aliphatic carbocycles. The Labute approximate surface area is 306 Å². The Hall–Kier alpha value is -5.37. The van der Waals surface area contributed by atoms with Gasteiger partial charge in [0.05, 0.1) is 0 Å². The molecule has 0 fully saturated rings. The molecule has 1 aliphatic heterocycles. The Morgan fingerprint density at radius 1 is 0.431 bits per heavy atom. The van der Waals surface area contributed by atoms with Crippen molar-refractivity contribution in [2.75, 3.05) is 0 Å². The van der Waals surface area contributed by atoms with Crippen molar-refractivity contribution in [1.82, 2.24) is 10.6 Å². The first-order valence-electron chi connectivity index (χ1n) is 17.2. The Balaban J connectivity index is 1.03. The van der Waals surface area contributed by atoms with Crippen LogP contribution in [0, 0.1) is 0 Å². The van der Waals surface area contributed by atoms with E-state index in [0.717, 1.165) is 17.0 Å². The van der Waals surface area contributed by atoms with E-state index in [9.17, 15) is 0 Å². The lowest BCUT2D eigenvalue weighted by molar-refractivity contribution is 0.409. The Kier molecular flexibility index (Phi) is 6.67. The molecule has 0 bridgehead atoms. The summed E-state index contributed by atoms with van der Waals surface area (Å²) >= 11 is 5.63. The maximum atomic E-state index is 5.28. The molecule has 0 saturated carbocycles. The van der Waals surface area contributed by atoms with Gasteiger partial charge in [0.2, 0.25) is 0 Å². The number of nitrogens with one attached hydrogen (secondary N) is 2. The van der Waals surface area contributed by atoms with Crippen LogP contribution in [-0.2, 0) is 0 Å². The zero-order valence-electron chi connectivity index (χ0n) is 27.3. The summed E-state index contributed by atoms with van der Waals surface area (Å²) in [4.78, 5) is 5.28. The second-order valence-corrected chi connectivity index (χ2v) is 16.4. The fourth-order valence-electron chi connectivity index (χ4n) is 7.72. The third-order valence-electron chi connectivity index (χ3n) is 10.2. The van der Waals surface area contributed by atoms with Crippen molar-refractivity contribution in [2.45, 2.75) is 12.3 Å². The van der Waals surface area contributed by atoms with Gasteiger partial charge in [-0.15, -0.1) is 34.0 Å². The topological polar surface area (TPSA) is 36.4 Å². The van der Waals surface area contributed by atoms with Crippen LogP contribution in [0.1, 0.15) is 29.0 Å². The van der Waals surface area contributed by atoms with E-state index < -0.39 is 0 Å². The normalized spacial score (nSPS) is 16.4. The average Bonchev–Trinajstić information content (AvgIpc) is 3.89. The fraction of sp³-hybridized carbons (Fsp3) is 0.0444. The van der Waals surface area contributed by atoms with Crippen LogP contribution in [-0.4, -0.2) is 5.84 Å². The van der Waals surface area contributed by atoms with Gasteiger partial charge in [0.15, 0.2) is 0 Å². The standard InChI is InChI=1S/C45H29N3S3/c1-2-10-26(11-3-1)43-46-44(27-21-23-39-36(24-27)30-13-5-6-18-37(30)49-39)48-45(47-43)28-20-22-31-33-15-9-17-35(42(33)51-40(31)25-28)34-16-8-14-32-29-12-4-7-19-38(29)50-41(32)34/h1-25,44-45,48H,(H,46,47). The van der Waals surface area contributed by atoms with Gasteiger partial charge in [0.25, 0.3) is 0 Å². The fourth-order valence-corrected chi connectivity index (χ4v) is 11.3. The highest BCUT2D eigenvalue weighted by Gasteiger charge is 2.26. The summed E-state index contributed by atoms with van der Waals surface area (Å²) in [5, 5.41) is 15.5. The van der Waals surface area contributed by atoms with Crippen LogP contribution in [0.2, 0.25) is 0 Å². The maximum absolute atomic E-state index is 5.28. The first-order valence-corrected chi connectivity index (χ1v) is 19.6. The van der Waals surface area contributed by atoms with E-state index in [1.165, 1.54) is 77.2 Å². The number of aliphatic imine (C=N–C) groups is 1. The molecule has 7 aromatic carbocycles. The molecule has 3 aromatic heterocycles. The number of fused-ring (bicyclic) bond motifs is 9. The quantitative estimate of drug-likeness (QED) is 0.191. The van der Waals surface area contributed by atoms with Gasteiger partial charge in [-0.25, -0.2) is 4.99 Å². The predicted octanol–water partition coefficient (Wildman–Crippen LogP) is 12.8. The summed E-state index contributed by atoms with van der Waals surface area (Å²) < 4.78 is 7.92. The first kappa shape index (κ1) is 29.4. The maximum Gasteiger partial charge on any atom is 0.131 e. The predicted molar refractivity (Wildman–Crippen MR) is 222 cm³/mol. The summed E-state index contributed by atoms with van der Waals surface area (Å²) in [5.41, 5.74) is 6.04. The van der Waals surface area contributed by atoms with E-state index in [0.29, 0.717) is 0 Å². The van der Waals surface area contributed by atoms with Crippen molar-refractivity contribution in [3.63, 3.8) is 0 Å². The second kappa shape index (κ2) is 11.6. The number of hydrogen-bond acceptors (Lipinski definition) is 6. The Morgan fingerprint density at radius 2 is 1.02 bits per heavy atom. The second-order valence-electron chi connectivity index (χ2n) is 13.2. The molecule has 2 N–H and O–H groups in total. The third-order valence-corrected chi connectivity index (χ3v) is 13.8. The minimum Gasteiger partial charge on any atom is -0.350 e. The summed E-state index contributed by atoms with van der Waals surface area (Å²) in [6.07, 6.45) is -0.333. The average molecular weight is 708 g/mol. The van der Waals surface area contributed by atoms with Gasteiger partial charge in [-0.1, -0.05) is 121 Å². The highest BCUT2D eigenvalue weighted by atomic mass is 32.1. The molecule has 10 aromatic rings. The molecule has 51 heavy (non-hydrogen) atoms. The molecule has 0 amide bonds. The number of benzene rings is 7. The molecule has 0 spiro atoms. The van der Waals surface area contributed by atoms with Gasteiger partial charge in [-0.05, 0) is 41.5 Å². The molecule has 3 nitrogen and oxygen atoms in total. The van der Waals surface area contributed by atoms with Crippen LogP contribution < -0.4 is 10.6 Å². The van der Waals surface area contributed by atoms with E-state index in [1.807, 2.05) is 34.0 Å². The first-order chi connectivity index (χ1) is 25.2. The molecule has 4 heterocycles. The summed E-state index contributed by atoms with van der Waals surface area (Å²) in [6, 6.07) is 55.2. The summed E-state index contributed by atoms with van der Waals surface area (Å²) in [5.74, 6) is 0.898. The van der Waals surface area contributed by atoms with Crippen LogP contribution in [0.15, 0.2) is 157 Å². The van der Waals surface area contributed by atoms with Crippen LogP contribution in [0.25, 0.3) is 71.6 Å². The minimum absolute atomic E-state index is 0.114. The van der Waals surface area contributed by atoms with Gasteiger partial charge in [-0.3, -0.25) is 5.32 Å². The summed E-state index contributed by atoms with van der Waals surface area (Å²) in [6.45, 7) is 0. The van der Waals surface area contributed by atoms with Crippen molar-refractivity contribution in [3.8, 4) is 11.1 Å². The van der Waals surface area contributed by atoms with E-state index in [1.54, 1.807) is 0 Å². The summed E-state index contributed by atoms with van der Waals surface area (Å²) in [7, 11) is 0. The van der Waals surface area contributed by atoms with E-state index >= 15 is 0 Å².